The molecule has 1 aliphatic carbocycles. The average Bonchev–Trinajstić information content (AvgIpc) is 3.70. The summed E-state index contributed by atoms with van der Waals surface area (Å²) in [5, 5.41) is 6.06. The minimum atomic E-state index is -0.0691. The Balaban J connectivity index is 1.19. The van der Waals surface area contributed by atoms with Gasteiger partial charge in [-0.15, -0.1) is 11.3 Å². The highest BCUT2D eigenvalue weighted by Crippen LogP contribution is 2.35. The van der Waals surface area contributed by atoms with E-state index in [4.69, 9.17) is 14.1 Å². The van der Waals surface area contributed by atoms with Gasteiger partial charge in [0.05, 0.1) is 18.8 Å². The van der Waals surface area contributed by atoms with Crippen LogP contribution in [0, 0.1) is 0 Å². The molecule has 7 rings (SSSR count). The maximum atomic E-state index is 13.4. The van der Waals surface area contributed by atoms with Crippen LogP contribution in [0.3, 0.4) is 0 Å². The van der Waals surface area contributed by atoms with Crippen LogP contribution in [-0.2, 0) is 4.74 Å². The number of nitrogens with zero attached hydrogens (tertiary/aromatic N) is 5. The molecule has 1 aliphatic heterocycles. The number of aromatic nitrogens is 3. The van der Waals surface area contributed by atoms with Crippen LogP contribution >= 0.6 is 11.3 Å². The zero-order chi connectivity index (χ0) is 28.6. The van der Waals surface area contributed by atoms with Crippen molar-refractivity contribution >= 4 is 56.4 Å². The molecule has 1 aromatic carbocycles. The van der Waals surface area contributed by atoms with E-state index in [0.717, 1.165) is 47.9 Å². The predicted octanol–water partition coefficient (Wildman–Crippen LogP) is 5.37. The van der Waals surface area contributed by atoms with Gasteiger partial charge in [0.2, 0.25) is 11.4 Å². The van der Waals surface area contributed by atoms with Gasteiger partial charge < -0.3 is 19.4 Å². The van der Waals surface area contributed by atoms with Crippen molar-refractivity contribution in [1.29, 1.82) is 0 Å². The lowest BCUT2D eigenvalue weighted by atomic mass is 10.1. The van der Waals surface area contributed by atoms with E-state index >= 15 is 0 Å². The van der Waals surface area contributed by atoms with E-state index in [9.17, 15) is 9.59 Å². The molecule has 2 aliphatic rings. The fourth-order valence-corrected chi connectivity index (χ4v) is 6.78. The number of fused-ring (bicyclic) bond motifs is 2. The Morgan fingerprint density at radius 2 is 1.88 bits per heavy atom. The molecule has 5 heterocycles. The fraction of sp³-hybridized carbons (Fsp3) is 0.323. The summed E-state index contributed by atoms with van der Waals surface area (Å²) in [5.41, 5.74) is 4.29. The summed E-state index contributed by atoms with van der Waals surface area (Å²) in [7, 11) is 1.66. The third-order valence-corrected chi connectivity index (χ3v) is 8.94. The van der Waals surface area contributed by atoms with Gasteiger partial charge in [-0.25, -0.2) is 4.98 Å². The third kappa shape index (κ3) is 4.88. The normalized spacial score (nSPS) is 16.3. The Hall–Kier alpha value is -4.35. The summed E-state index contributed by atoms with van der Waals surface area (Å²) in [6.07, 6.45) is 7.48. The van der Waals surface area contributed by atoms with E-state index in [1.165, 1.54) is 11.3 Å². The van der Waals surface area contributed by atoms with E-state index in [0.29, 0.717) is 59.6 Å². The summed E-state index contributed by atoms with van der Waals surface area (Å²) in [5.74, 6) is 0.993. The molecule has 1 saturated carbocycles. The Kier molecular flexibility index (Phi) is 7.04. The lowest BCUT2D eigenvalue weighted by Crippen LogP contribution is -2.36. The number of hydrogen-bond donors (Lipinski definition) is 1. The van der Waals surface area contributed by atoms with Crippen molar-refractivity contribution in [2.45, 2.75) is 31.7 Å². The van der Waals surface area contributed by atoms with Gasteiger partial charge in [-0.1, -0.05) is 25.0 Å². The molecule has 1 saturated heterocycles. The summed E-state index contributed by atoms with van der Waals surface area (Å²) in [4.78, 5) is 41.7. The largest absolute Gasteiger partial charge is 0.439 e. The zero-order valence-electron chi connectivity index (χ0n) is 23.2. The Labute approximate surface area is 245 Å². The lowest BCUT2D eigenvalue weighted by molar-refractivity contribution is 0.121. The van der Waals surface area contributed by atoms with Gasteiger partial charge in [-0.2, -0.15) is 4.98 Å². The number of thiophene rings is 1. The molecule has 2 fully saturated rings. The first-order valence-corrected chi connectivity index (χ1v) is 15.1. The Morgan fingerprint density at radius 3 is 2.64 bits per heavy atom. The van der Waals surface area contributed by atoms with Crippen molar-refractivity contribution in [3.63, 3.8) is 0 Å². The van der Waals surface area contributed by atoms with Crippen LogP contribution in [0.15, 0.2) is 67.0 Å². The first kappa shape index (κ1) is 26.5. The van der Waals surface area contributed by atoms with Gasteiger partial charge >= 0.3 is 0 Å². The highest BCUT2D eigenvalue weighted by atomic mass is 32.1. The van der Waals surface area contributed by atoms with Gasteiger partial charge in [0, 0.05) is 66.7 Å². The third-order valence-electron chi connectivity index (χ3n) is 7.96. The molecule has 0 atom stereocenters. The summed E-state index contributed by atoms with van der Waals surface area (Å²) in [6.45, 7) is 2.61. The van der Waals surface area contributed by atoms with Crippen LogP contribution < -0.4 is 21.2 Å². The first-order chi connectivity index (χ1) is 20.6. The van der Waals surface area contributed by atoms with Crippen molar-refractivity contribution in [2.75, 3.05) is 43.6 Å². The zero-order valence-corrected chi connectivity index (χ0v) is 24.0. The van der Waals surface area contributed by atoms with Gasteiger partial charge in [-0.05, 0) is 36.6 Å². The van der Waals surface area contributed by atoms with Gasteiger partial charge in [0.15, 0.2) is 11.5 Å². The number of nitrogens with one attached hydrogen (secondary N) is 1. The van der Waals surface area contributed by atoms with E-state index in [1.807, 2.05) is 45.2 Å². The molecular formula is C31H30N6O4S. The van der Waals surface area contributed by atoms with Crippen molar-refractivity contribution in [3.8, 4) is 11.1 Å². The number of morpholine rings is 1. The standard InChI is InChI=1S/C31H30N6O4S/c1-32-16-21-14-20-17-33-31(35-29(20)37(30(21)39)23-4-2-3-5-23)34-22-8-6-19(7-9-22)24-18-42-28-25(38)15-26(41-27(24)28)36-10-12-40-13-11-36/h6-9,14-18,23H,2-5,10-13H2,1H3,(H,33,34,35). The van der Waals surface area contributed by atoms with Gasteiger partial charge in [0.1, 0.15) is 10.3 Å². The van der Waals surface area contributed by atoms with Crippen LogP contribution in [0.2, 0.25) is 0 Å². The van der Waals surface area contributed by atoms with E-state index in [2.05, 4.69) is 15.3 Å². The van der Waals surface area contributed by atoms with Crippen LogP contribution in [0.4, 0.5) is 17.5 Å². The average molecular weight is 583 g/mol. The second-order valence-corrected chi connectivity index (χ2v) is 11.5. The molecule has 1 N–H and O–H groups in total. The monoisotopic (exact) mass is 582 g/mol. The van der Waals surface area contributed by atoms with Crippen LogP contribution in [-0.4, -0.2) is 54.1 Å². The van der Waals surface area contributed by atoms with Gasteiger partial charge in [0.25, 0.3) is 5.56 Å². The number of pyridine rings is 1. The number of anilines is 3. The van der Waals surface area contributed by atoms with E-state index < -0.39 is 0 Å². The maximum absolute atomic E-state index is 13.4. The van der Waals surface area contributed by atoms with E-state index in [1.54, 1.807) is 25.5 Å². The lowest BCUT2D eigenvalue weighted by Gasteiger charge is -2.27. The molecule has 5 aromatic rings. The highest BCUT2D eigenvalue weighted by molar-refractivity contribution is 7.17. The first-order valence-electron chi connectivity index (χ1n) is 14.2. The SMILES string of the molecule is CN=Cc1cc2cnc(Nc3ccc(-c4csc5c(=O)cc(N6CCOCC6)oc45)cc3)nc2n(C2CCCC2)c1=O. The molecule has 0 radical (unpaired) electrons. The Bertz CT molecular complexity index is 1910. The number of benzene rings is 1. The summed E-state index contributed by atoms with van der Waals surface area (Å²) in [6, 6.07) is 11.4. The topological polar surface area (TPSA) is 115 Å². The molecule has 4 aromatic heterocycles. The van der Waals surface area contributed by atoms with Crippen molar-refractivity contribution in [2.24, 2.45) is 4.99 Å². The number of hydrogen-bond acceptors (Lipinski definition) is 10. The Morgan fingerprint density at radius 1 is 1.10 bits per heavy atom. The second-order valence-electron chi connectivity index (χ2n) is 10.6. The summed E-state index contributed by atoms with van der Waals surface area (Å²) >= 11 is 1.39. The van der Waals surface area contributed by atoms with Crippen molar-refractivity contribution in [3.05, 3.63) is 74.1 Å². The molecule has 11 heteroatoms. The van der Waals surface area contributed by atoms with Crippen molar-refractivity contribution in [1.82, 2.24) is 14.5 Å². The minimum absolute atomic E-state index is 0.0362. The molecule has 0 amide bonds. The van der Waals surface area contributed by atoms with Crippen molar-refractivity contribution < 1.29 is 9.15 Å². The number of aliphatic imine (C=N–C) groups is 1. The molecule has 0 bridgehead atoms. The smallest absolute Gasteiger partial charge is 0.261 e. The number of rotatable bonds is 6. The second kappa shape index (κ2) is 11.1. The van der Waals surface area contributed by atoms with Crippen LogP contribution in [0.5, 0.6) is 0 Å². The van der Waals surface area contributed by atoms with Crippen LogP contribution in [0.25, 0.3) is 32.4 Å². The van der Waals surface area contributed by atoms with E-state index in [-0.39, 0.29) is 17.0 Å². The minimum Gasteiger partial charge on any atom is -0.439 e. The number of ether oxygens (including phenoxy) is 1. The fourth-order valence-electron chi connectivity index (χ4n) is 5.87. The van der Waals surface area contributed by atoms with Crippen LogP contribution in [0.1, 0.15) is 37.3 Å². The highest BCUT2D eigenvalue weighted by Gasteiger charge is 2.23. The van der Waals surface area contributed by atoms with Gasteiger partial charge in [-0.3, -0.25) is 19.1 Å². The quantitative estimate of drug-likeness (QED) is 0.266. The molecule has 0 unspecified atom stereocenters. The molecule has 0 spiro atoms. The summed E-state index contributed by atoms with van der Waals surface area (Å²) < 4.78 is 14.2. The molecule has 42 heavy (non-hydrogen) atoms. The molecule has 10 nitrogen and oxygen atoms in total. The molecule has 214 valence electrons. The predicted molar refractivity (Wildman–Crippen MR) is 167 cm³/mol. The molecular weight excluding hydrogens is 552 g/mol. The maximum Gasteiger partial charge on any atom is 0.261 e.